The van der Waals surface area contributed by atoms with Crippen LogP contribution in [0.2, 0.25) is 0 Å². The molecule has 0 aliphatic rings. The maximum absolute atomic E-state index is 14.1. The first-order chi connectivity index (χ1) is 11.1. The van der Waals surface area contributed by atoms with E-state index in [1.165, 1.54) is 35.5 Å². The Labute approximate surface area is 132 Å². The largest absolute Gasteiger partial charge is 0.306 e. The Bertz CT molecular complexity index is 787. The molecule has 0 saturated heterocycles. The lowest BCUT2D eigenvalue weighted by atomic mass is 10.1. The first kappa shape index (κ1) is 15.3. The van der Waals surface area contributed by atoms with Gasteiger partial charge in [-0.15, -0.1) is 0 Å². The summed E-state index contributed by atoms with van der Waals surface area (Å²) in [5.41, 5.74) is 2.00. The fourth-order valence-corrected chi connectivity index (χ4v) is 2.34. The number of hydrogen-bond acceptors (Lipinski definition) is 3. The first-order valence-electron chi connectivity index (χ1n) is 7.26. The Morgan fingerprint density at radius 1 is 1.17 bits per heavy atom. The highest BCUT2D eigenvalue weighted by atomic mass is 19.1. The van der Waals surface area contributed by atoms with Gasteiger partial charge in [-0.2, -0.15) is 5.10 Å². The average molecular weight is 314 g/mol. The normalized spacial score (nSPS) is 12.3. The predicted molar refractivity (Wildman–Crippen MR) is 83.0 cm³/mol. The van der Waals surface area contributed by atoms with Crippen molar-refractivity contribution in [2.24, 2.45) is 0 Å². The van der Waals surface area contributed by atoms with E-state index in [4.69, 9.17) is 0 Å². The van der Waals surface area contributed by atoms with E-state index in [-0.39, 0.29) is 17.7 Å². The molecule has 1 atom stereocenters. The van der Waals surface area contributed by atoms with Crippen LogP contribution in [-0.4, -0.2) is 14.8 Å². The van der Waals surface area contributed by atoms with Gasteiger partial charge in [0.15, 0.2) is 0 Å². The predicted octanol–water partition coefficient (Wildman–Crippen LogP) is 3.40. The van der Waals surface area contributed by atoms with Gasteiger partial charge >= 0.3 is 0 Å². The minimum absolute atomic E-state index is 0.0382. The fraction of sp³-hybridized carbons (Fsp3) is 0.176. The van der Waals surface area contributed by atoms with Gasteiger partial charge < -0.3 is 5.32 Å². The fourth-order valence-electron chi connectivity index (χ4n) is 2.34. The van der Waals surface area contributed by atoms with Gasteiger partial charge in [0.2, 0.25) is 0 Å². The molecule has 0 fully saturated rings. The lowest BCUT2D eigenvalue weighted by Crippen LogP contribution is -2.18. The van der Waals surface area contributed by atoms with Crippen LogP contribution >= 0.6 is 0 Å². The first-order valence-corrected chi connectivity index (χ1v) is 7.26. The van der Waals surface area contributed by atoms with Crippen molar-refractivity contribution < 1.29 is 8.78 Å². The second-order valence-corrected chi connectivity index (χ2v) is 5.28. The number of hydrogen-bond donors (Lipinski definition) is 1. The van der Waals surface area contributed by atoms with Gasteiger partial charge in [-0.25, -0.2) is 18.4 Å². The van der Waals surface area contributed by atoms with Crippen LogP contribution in [0.1, 0.15) is 24.1 Å². The van der Waals surface area contributed by atoms with Crippen LogP contribution in [-0.2, 0) is 6.54 Å². The zero-order chi connectivity index (χ0) is 16.2. The molecule has 3 aromatic rings. The summed E-state index contributed by atoms with van der Waals surface area (Å²) in [6, 6.07) is 11.3. The maximum atomic E-state index is 14.1. The quantitative estimate of drug-likeness (QED) is 0.785. The lowest BCUT2D eigenvalue weighted by molar-refractivity contribution is 0.560. The molecule has 23 heavy (non-hydrogen) atoms. The van der Waals surface area contributed by atoms with Crippen molar-refractivity contribution in [3.8, 4) is 5.69 Å². The third-order valence-corrected chi connectivity index (χ3v) is 3.64. The Morgan fingerprint density at radius 3 is 2.74 bits per heavy atom. The van der Waals surface area contributed by atoms with E-state index >= 15 is 0 Å². The number of halogens is 2. The van der Waals surface area contributed by atoms with E-state index in [1.807, 2.05) is 19.1 Å². The molecule has 0 saturated carbocycles. The Kier molecular flexibility index (Phi) is 4.43. The highest BCUT2D eigenvalue weighted by Gasteiger charge is 2.09. The van der Waals surface area contributed by atoms with Crippen molar-refractivity contribution in [1.29, 1.82) is 0 Å². The van der Waals surface area contributed by atoms with Gasteiger partial charge in [-0.1, -0.05) is 18.2 Å². The summed E-state index contributed by atoms with van der Waals surface area (Å²) in [5, 5.41) is 7.17. The van der Waals surface area contributed by atoms with Crippen LogP contribution in [0.25, 0.3) is 5.69 Å². The molecule has 0 amide bonds. The number of nitrogens with one attached hydrogen (secondary N) is 1. The summed E-state index contributed by atoms with van der Waals surface area (Å²) in [5.74, 6) is -0.632. The summed E-state index contributed by atoms with van der Waals surface area (Å²) >= 11 is 0. The van der Waals surface area contributed by atoms with Gasteiger partial charge in [-0.05, 0) is 42.3 Å². The molecular weight excluding hydrogens is 298 g/mol. The van der Waals surface area contributed by atoms with Crippen molar-refractivity contribution in [3.05, 3.63) is 77.9 Å². The van der Waals surface area contributed by atoms with E-state index < -0.39 is 0 Å². The molecule has 118 valence electrons. The van der Waals surface area contributed by atoms with E-state index in [2.05, 4.69) is 15.4 Å². The van der Waals surface area contributed by atoms with Crippen molar-refractivity contribution in [2.75, 3.05) is 0 Å². The van der Waals surface area contributed by atoms with E-state index in [1.54, 1.807) is 12.1 Å². The Hall–Kier alpha value is -2.60. The average Bonchev–Trinajstić information content (AvgIpc) is 3.07. The second-order valence-electron chi connectivity index (χ2n) is 5.28. The zero-order valence-electron chi connectivity index (χ0n) is 12.6. The molecule has 4 nitrogen and oxygen atoms in total. The van der Waals surface area contributed by atoms with Gasteiger partial charge in [0.05, 0.1) is 0 Å². The molecule has 6 heteroatoms. The lowest BCUT2D eigenvalue weighted by Gasteiger charge is -2.15. The van der Waals surface area contributed by atoms with Crippen LogP contribution in [0, 0.1) is 11.6 Å². The minimum Gasteiger partial charge on any atom is -0.306 e. The van der Waals surface area contributed by atoms with Crippen molar-refractivity contribution >= 4 is 0 Å². The number of rotatable bonds is 5. The van der Waals surface area contributed by atoms with Crippen molar-refractivity contribution in [1.82, 2.24) is 20.1 Å². The molecular formula is C17H16F2N4. The van der Waals surface area contributed by atoms with E-state index in [9.17, 15) is 8.78 Å². The van der Waals surface area contributed by atoms with Gasteiger partial charge in [0, 0.05) is 12.6 Å². The third-order valence-electron chi connectivity index (χ3n) is 3.64. The van der Waals surface area contributed by atoms with Crippen LogP contribution in [0.4, 0.5) is 8.78 Å². The van der Waals surface area contributed by atoms with Crippen LogP contribution in [0.5, 0.6) is 0 Å². The SMILES string of the molecule is C[C@@H](NCc1ccc(-n2cncn2)c(F)c1)c1cccc(F)c1. The molecule has 0 bridgehead atoms. The number of benzene rings is 2. The van der Waals surface area contributed by atoms with Crippen LogP contribution in [0.3, 0.4) is 0 Å². The summed E-state index contributed by atoms with van der Waals surface area (Å²) in [6.07, 6.45) is 2.80. The highest BCUT2D eigenvalue weighted by Crippen LogP contribution is 2.17. The molecule has 0 spiro atoms. The molecule has 0 aliphatic carbocycles. The number of nitrogens with zero attached hydrogens (tertiary/aromatic N) is 3. The highest BCUT2D eigenvalue weighted by molar-refractivity contribution is 5.35. The van der Waals surface area contributed by atoms with Gasteiger partial charge in [-0.3, -0.25) is 0 Å². The smallest absolute Gasteiger partial charge is 0.149 e. The molecule has 1 N–H and O–H groups in total. The van der Waals surface area contributed by atoms with Crippen molar-refractivity contribution in [2.45, 2.75) is 19.5 Å². The molecule has 1 heterocycles. The maximum Gasteiger partial charge on any atom is 0.149 e. The summed E-state index contributed by atoms with van der Waals surface area (Å²) in [4.78, 5) is 3.80. The molecule has 0 unspecified atom stereocenters. The van der Waals surface area contributed by atoms with E-state index in [0.717, 1.165) is 11.1 Å². The van der Waals surface area contributed by atoms with Crippen molar-refractivity contribution in [3.63, 3.8) is 0 Å². The topological polar surface area (TPSA) is 42.7 Å². The summed E-state index contributed by atoms with van der Waals surface area (Å²) in [6.45, 7) is 2.42. The molecule has 2 aromatic carbocycles. The molecule has 0 radical (unpaired) electrons. The monoisotopic (exact) mass is 314 g/mol. The Morgan fingerprint density at radius 2 is 2.04 bits per heavy atom. The minimum atomic E-state index is -0.367. The van der Waals surface area contributed by atoms with Crippen LogP contribution in [0.15, 0.2) is 55.1 Å². The summed E-state index contributed by atoms with van der Waals surface area (Å²) in [7, 11) is 0. The molecule has 3 rings (SSSR count). The molecule has 0 aliphatic heterocycles. The molecule has 1 aromatic heterocycles. The zero-order valence-corrected chi connectivity index (χ0v) is 12.6. The number of aromatic nitrogens is 3. The van der Waals surface area contributed by atoms with Crippen LogP contribution < -0.4 is 5.32 Å². The van der Waals surface area contributed by atoms with Gasteiger partial charge in [0.25, 0.3) is 0 Å². The third kappa shape index (κ3) is 3.60. The van der Waals surface area contributed by atoms with E-state index in [0.29, 0.717) is 12.2 Å². The summed E-state index contributed by atoms with van der Waals surface area (Å²) < 4.78 is 28.8. The Balaban J connectivity index is 1.68. The second kappa shape index (κ2) is 6.66. The van der Waals surface area contributed by atoms with Gasteiger partial charge in [0.1, 0.15) is 30.0 Å². The standard InChI is InChI=1S/C17H16F2N4/c1-12(14-3-2-4-15(18)8-14)21-9-13-5-6-17(16(19)7-13)23-11-20-10-22-23/h2-8,10-12,21H,9H2,1H3/t12-/m1/s1.